The van der Waals surface area contributed by atoms with Crippen molar-refractivity contribution in [3.63, 3.8) is 0 Å². The largest absolute Gasteiger partial charge is 0.372 e. The van der Waals surface area contributed by atoms with Gasteiger partial charge < -0.3 is 15.1 Å². The van der Waals surface area contributed by atoms with Gasteiger partial charge in [0.2, 0.25) is 5.91 Å². The van der Waals surface area contributed by atoms with Crippen LogP contribution in [0.15, 0.2) is 54.6 Å². The number of ketones is 1. The van der Waals surface area contributed by atoms with E-state index in [0.29, 0.717) is 17.8 Å². The van der Waals surface area contributed by atoms with Crippen molar-refractivity contribution in [3.8, 4) is 0 Å². The second-order valence-electron chi connectivity index (χ2n) is 8.35. The molecule has 5 heteroatoms. The highest BCUT2D eigenvalue weighted by atomic mass is 16.2. The van der Waals surface area contributed by atoms with E-state index in [4.69, 9.17) is 0 Å². The molecule has 2 aromatic rings. The minimum absolute atomic E-state index is 0.0923. The first-order chi connectivity index (χ1) is 15.4. The monoisotopic (exact) mass is 435 g/mol. The maximum atomic E-state index is 12.6. The summed E-state index contributed by atoms with van der Waals surface area (Å²) in [4.78, 5) is 28.8. The molecule has 0 aliphatic carbocycles. The number of rotatable bonds is 13. The van der Waals surface area contributed by atoms with Crippen LogP contribution in [0.1, 0.15) is 55.5 Å². The summed E-state index contributed by atoms with van der Waals surface area (Å²) in [7, 11) is 3.68. The highest BCUT2D eigenvalue weighted by molar-refractivity contribution is 6.07. The van der Waals surface area contributed by atoms with Crippen LogP contribution in [0.2, 0.25) is 0 Å². The molecule has 0 aliphatic rings. The minimum atomic E-state index is -0.109. The molecular formula is C27H37N3O2. The number of allylic oxidation sites excluding steroid dienone is 1. The molecule has 0 spiro atoms. The molecular weight excluding hydrogens is 398 g/mol. The van der Waals surface area contributed by atoms with E-state index in [1.807, 2.05) is 20.2 Å². The van der Waals surface area contributed by atoms with Crippen LogP contribution in [0.3, 0.4) is 0 Å². The number of hydrogen-bond acceptors (Lipinski definition) is 4. The lowest BCUT2D eigenvalue weighted by atomic mass is 10.1. The second-order valence-corrected chi connectivity index (χ2v) is 8.35. The highest BCUT2D eigenvalue weighted by Gasteiger charge is 2.08. The number of likely N-dealkylation sites (N-methyl/N-ethyl adjacent to an activating group) is 1. The molecule has 0 radical (unpaired) electrons. The molecule has 0 unspecified atom stereocenters. The number of nitrogens with zero attached hydrogens (tertiary/aromatic N) is 2. The second kappa shape index (κ2) is 13.5. The van der Waals surface area contributed by atoms with Crippen LogP contribution in [-0.2, 0) is 4.79 Å². The van der Waals surface area contributed by atoms with Crippen molar-refractivity contribution in [1.29, 1.82) is 0 Å². The molecule has 2 rings (SSSR count). The Kier molecular flexibility index (Phi) is 10.7. The van der Waals surface area contributed by atoms with E-state index in [1.165, 1.54) is 31.4 Å². The zero-order valence-electron chi connectivity index (χ0n) is 19.9. The number of hydrogen-bond donors (Lipinski definition) is 1. The van der Waals surface area contributed by atoms with E-state index < -0.39 is 0 Å². The summed E-state index contributed by atoms with van der Waals surface area (Å²) in [5.41, 5.74) is 3.39. The Labute approximate surface area is 193 Å². The summed E-state index contributed by atoms with van der Waals surface area (Å²) in [6, 6.07) is 15.4. The molecule has 0 bridgehead atoms. The molecule has 0 aromatic heterocycles. The number of anilines is 2. The van der Waals surface area contributed by atoms with Gasteiger partial charge in [0.05, 0.1) is 6.54 Å². The first-order valence-corrected chi connectivity index (χ1v) is 11.5. The Hall–Kier alpha value is -2.92. The fraction of sp³-hybridized carbons (Fsp3) is 0.407. The fourth-order valence-corrected chi connectivity index (χ4v) is 3.37. The summed E-state index contributed by atoms with van der Waals surface area (Å²) in [5.74, 6) is -0.201. The first-order valence-electron chi connectivity index (χ1n) is 11.5. The van der Waals surface area contributed by atoms with Gasteiger partial charge in [-0.3, -0.25) is 9.59 Å². The Morgan fingerprint density at radius 1 is 0.938 bits per heavy atom. The summed E-state index contributed by atoms with van der Waals surface area (Å²) in [6.07, 6.45) is 8.18. The lowest BCUT2D eigenvalue weighted by molar-refractivity contribution is -0.116. The molecule has 0 heterocycles. The van der Waals surface area contributed by atoms with Crippen LogP contribution >= 0.6 is 0 Å². The molecule has 0 atom stereocenters. The van der Waals surface area contributed by atoms with Crippen LogP contribution in [0.5, 0.6) is 0 Å². The molecule has 2 aromatic carbocycles. The number of carbonyl (C=O) groups excluding carboxylic acids is 2. The smallest absolute Gasteiger partial charge is 0.238 e. The van der Waals surface area contributed by atoms with Gasteiger partial charge in [0.25, 0.3) is 0 Å². The van der Waals surface area contributed by atoms with E-state index in [-0.39, 0.29) is 11.7 Å². The van der Waals surface area contributed by atoms with Gasteiger partial charge in [-0.25, -0.2) is 0 Å². The molecule has 1 N–H and O–H groups in total. The zero-order valence-corrected chi connectivity index (χ0v) is 19.9. The lowest BCUT2D eigenvalue weighted by Gasteiger charge is -2.24. The van der Waals surface area contributed by atoms with Gasteiger partial charge in [0.1, 0.15) is 0 Å². The molecule has 0 fully saturated rings. The predicted molar refractivity (Wildman–Crippen MR) is 135 cm³/mol. The van der Waals surface area contributed by atoms with E-state index in [0.717, 1.165) is 18.7 Å². The standard InChI is InChI=1S/C27H37N3O2/c1-5-7-18-30(19-8-6-2)25-15-12-22(13-16-25)14-17-26(31)23-10-9-11-24(20-23)28-27(32)21-29(3)4/h9-17,20H,5-8,18-19,21H2,1-4H3,(H,28,32). The Bertz CT molecular complexity index is 880. The topological polar surface area (TPSA) is 52.7 Å². The molecule has 1 amide bonds. The maximum absolute atomic E-state index is 12.6. The van der Waals surface area contributed by atoms with Crippen molar-refractivity contribution in [2.45, 2.75) is 39.5 Å². The van der Waals surface area contributed by atoms with Gasteiger partial charge >= 0.3 is 0 Å². The Morgan fingerprint density at radius 2 is 1.59 bits per heavy atom. The normalized spacial score (nSPS) is 11.2. The third-order valence-electron chi connectivity index (χ3n) is 5.14. The Morgan fingerprint density at radius 3 is 2.19 bits per heavy atom. The van der Waals surface area contributed by atoms with Crippen molar-refractivity contribution in [2.24, 2.45) is 0 Å². The molecule has 5 nitrogen and oxygen atoms in total. The third-order valence-corrected chi connectivity index (χ3v) is 5.14. The number of benzene rings is 2. The van der Waals surface area contributed by atoms with Crippen LogP contribution in [0.4, 0.5) is 11.4 Å². The van der Waals surface area contributed by atoms with Crippen molar-refractivity contribution in [2.75, 3.05) is 43.9 Å². The molecule has 172 valence electrons. The summed E-state index contributed by atoms with van der Waals surface area (Å²) >= 11 is 0. The van der Waals surface area contributed by atoms with Crippen molar-refractivity contribution < 1.29 is 9.59 Å². The molecule has 32 heavy (non-hydrogen) atoms. The van der Waals surface area contributed by atoms with Crippen molar-refractivity contribution in [1.82, 2.24) is 4.90 Å². The summed E-state index contributed by atoms with van der Waals surface area (Å²) in [6.45, 7) is 6.88. The Balaban J connectivity index is 2.02. The maximum Gasteiger partial charge on any atom is 0.238 e. The van der Waals surface area contributed by atoms with Gasteiger partial charge in [-0.1, -0.05) is 57.0 Å². The van der Waals surface area contributed by atoms with Gasteiger partial charge in [-0.2, -0.15) is 0 Å². The first kappa shape index (κ1) is 25.3. The van der Waals surface area contributed by atoms with E-state index in [1.54, 1.807) is 35.2 Å². The zero-order chi connectivity index (χ0) is 23.3. The summed E-state index contributed by atoms with van der Waals surface area (Å²) in [5, 5.41) is 2.83. The number of unbranched alkanes of at least 4 members (excludes halogenated alkanes) is 2. The van der Waals surface area contributed by atoms with Crippen LogP contribution in [0, 0.1) is 0 Å². The average molecular weight is 436 g/mol. The lowest BCUT2D eigenvalue weighted by Crippen LogP contribution is -2.27. The van der Waals surface area contributed by atoms with Crippen LogP contribution < -0.4 is 10.2 Å². The molecule has 0 saturated heterocycles. The number of amides is 1. The van der Waals surface area contributed by atoms with E-state index in [2.05, 4.69) is 48.3 Å². The van der Waals surface area contributed by atoms with E-state index >= 15 is 0 Å². The molecule has 0 saturated carbocycles. The number of nitrogens with one attached hydrogen (secondary N) is 1. The van der Waals surface area contributed by atoms with Gasteiger partial charge in [0.15, 0.2) is 5.78 Å². The fourth-order valence-electron chi connectivity index (χ4n) is 3.37. The van der Waals surface area contributed by atoms with Gasteiger partial charge in [0, 0.05) is 30.0 Å². The van der Waals surface area contributed by atoms with Gasteiger partial charge in [-0.15, -0.1) is 0 Å². The third kappa shape index (κ3) is 8.67. The minimum Gasteiger partial charge on any atom is -0.372 e. The van der Waals surface area contributed by atoms with Crippen LogP contribution in [0.25, 0.3) is 6.08 Å². The summed E-state index contributed by atoms with van der Waals surface area (Å²) < 4.78 is 0. The quantitative estimate of drug-likeness (QED) is 0.334. The number of carbonyl (C=O) groups is 2. The average Bonchev–Trinajstić information content (AvgIpc) is 2.77. The molecule has 0 aliphatic heterocycles. The van der Waals surface area contributed by atoms with Crippen molar-refractivity contribution >= 4 is 29.1 Å². The SMILES string of the molecule is CCCCN(CCCC)c1ccc(C=CC(=O)c2cccc(NC(=O)CN(C)C)c2)cc1. The predicted octanol–water partition coefficient (Wildman–Crippen LogP) is 5.49. The van der Waals surface area contributed by atoms with Gasteiger partial charge in [-0.05, 0) is 62.8 Å². The van der Waals surface area contributed by atoms with Crippen molar-refractivity contribution in [3.05, 3.63) is 65.7 Å². The van der Waals surface area contributed by atoms with Crippen LogP contribution in [-0.4, -0.2) is 50.3 Å². The van der Waals surface area contributed by atoms with E-state index in [9.17, 15) is 9.59 Å². The highest BCUT2D eigenvalue weighted by Crippen LogP contribution is 2.18.